The predicted octanol–water partition coefficient (Wildman–Crippen LogP) is 5.83. The molecule has 0 atom stereocenters. The predicted molar refractivity (Wildman–Crippen MR) is 113 cm³/mol. The van der Waals surface area contributed by atoms with E-state index in [1.807, 2.05) is 54.8 Å². The summed E-state index contributed by atoms with van der Waals surface area (Å²) in [5.41, 5.74) is 2.53. The van der Waals surface area contributed by atoms with Crippen LogP contribution in [0.5, 0.6) is 0 Å². The van der Waals surface area contributed by atoms with Gasteiger partial charge in [-0.05, 0) is 55.5 Å². The van der Waals surface area contributed by atoms with E-state index in [4.69, 9.17) is 5.41 Å². The molecule has 0 aliphatic carbocycles. The van der Waals surface area contributed by atoms with Gasteiger partial charge in [-0.2, -0.15) is 0 Å². The highest BCUT2D eigenvalue weighted by Gasteiger charge is 2.20. The minimum absolute atomic E-state index is 0.190. The van der Waals surface area contributed by atoms with Crippen molar-refractivity contribution in [1.29, 1.82) is 5.41 Å². The normalized spacial score (nSPS) is 10.8. The fourth-order valence-electron chi connectivity index (χ4n) is 3.48. The molecule has 0 aliphatic heterocycles. The van der Waals surface area contributed by atoms with Crippen molar-refractivity contribution in [2.45, 2.75) is 27.2 Å². The number of nitrogens with one attached hydrogen (secondary N) is 1. The third-order valence-corrected chi connectivity index (χ3v) is 4.92. The maximum atomic E-state index is 13.9. The lowest BCUT2D eigenvalue weighted by molar-refractivity contribution is 0.612. The summed E-state index contributed by atoms with van der Waals surface area (Å²) in [5, 5.41) is 11.2. The van der Waals surface area contributed by atoms with E-state index in [1.54, 1.807) is 6.07 Å². The highest BCUT2D eigenvalue weighted by molar-refractivity contribution is 6.10. The molecule has 0 radical (unpaired) electrons. The largest absolute Gasteiger partial charge is 0.313 e. The minimum Gasteiger partial charge on any atom is -0.313 e. The Morgan fingerprint density at radius 3 is 2.30 bits per heavy atom. The van der Waals surface area contributed by atoms with Gasteiger partial charge in [0.25, 0.3) is 0 Å². The second-order valence-corrected chi connectivity index (χ2v) is 6.44. The molecule has 0 aliphatic rings. The molecule has 0 fully saturated rings. The minimum atomic E-state index is -0.190. The number of guanidine groups is 1. The zero-order chi connectivity index (χ0) is 19.4. The number of aryl methyl sites for hydroxylation is 1. The summed E-state index contributed by atoms with van der Waals surface area (Å²) in [4.78, 5) is 3.92. The van der Waals surface area contributed by atoms with E-state index in [0.29, 0.717) is 31.0 Å². The third kappa shape index (κ3) is 3.65. The van der Waals surface area contributed by atoms with E-state index in [2.05, 4.69) is 24.3 Å². The molecular formula is C23H26FN3. The van der Waals surface area contributed by atoms with Crippen LogP contribution in [-0.2, 0) is 6.42 Å². The van der Waals surface area contributed by atoms with Crippen LogP contribution < -0.4 is 9.80 Å². The second-order valence-electron chi connectivity index (χ2n) is 6.44. The van der Waals surface area contributed by atoms with Crippen LogP contribution in [0.3, 0.4) is 0 Å². The highest BCUT2D eigenvalue weighted by Crippen LogP contribution is 2.28. The van der Waals surface area contributed by atoms with Crippen LogP contribution in [0.4, 0.5) is 15.8 Å². The van der Waals surface area contributed by atoms with Gasteiger partial charge in [0, 0.05) is 24.2 Å². The first-order valence-electron chi connectivity index (χ1n) is 9.50. The molecule has 1 N–H and O–H groups in total. The molecular weight excluding hydrogens is 337 g/mol. The van der Waals surface area contributed by atoms with Crippen molar-refractivity contribution in [1.82, 2.24) is 0 Å². The summed E-state index contributed by atoms with van der Waals surface area (Å²) in [6, 6.07) is 19.5. The zero-order valence-corrected chi connectivity index (χ0v) is 16.2. The van der Waals surface area contributed by atoms with Crippen LogP contribution in [0.2, 0.25) is 0 Å². The lowest BCUT2D eigenvalue weighted by Crippen LogP contribution is -2.44. The smallest absolute Gasteiger partial charge is 0.202 e. The van der Waals surface area contributed by atoms with Crippen molar-refractivity contribution in [3.63, 3.8) is 0 Å². The van der Waals surface area contributed by atoms with Gasteiger partial charge in [-0.1, -0.05) is 43.3 Å². The Morgan fingerprint density at radius 1 is 0.889 bits per heavy atom. The molecule has 0 spiro atoms. The Bertz CT molecular complexity index is 946. The van der Waals surface area contributed by atoms with Gasteiger partial charge in [-0.25, -0.2) is 4.39 Å². The first-order valence-corrected chi connectivity index (χ1v) is 9.50. The molecule has 0 amide bonds. The van der Waals surface area contributed by atoms with Crippen LogP contribution in [0.25, 0.3) is 10.8 Å². The van der Waals surface area contributed by atoms with Gasteiger partial charge < -0.3 is 9.80 Å². The standard InChI is InChI=1S/C23H26FN3/c1-4-17-16-19(14-15-21(17)24)26(5-2)23(25)27(6-3)22-13-9-11-18-10-7-8-12-20(18)22/h7-16,25H,4-6H2,1-3H3. The summed E-state index contributed by atoms with van der Waals surface area (Å²) in [7, 11) is 0. The lowest BCUT2D eigenvalue weighted by Gasteiger charge is -2.33. The van der Waals surface area contributed by atoms with Crippen LogP contribution in [0.15, 0.2) is 60.7 Å². The van der Waals surface area contributed by atoms with Crippen LogP contribution in [0.1, 0.15) is 26.3 Å². The number of fused-ring (bicyclic) bond motifs is 1. The van der Waals surface area contributed by atoms with Crippen molar-refractivity contribution >= 4 is 28.1 Å². The number of nitrogens with zero attached hydrogens (tertiary/aromatic N) is 2. The summed E-state index contributed by atoms with van der Waals surface area (Å²) in [6.07, 6.45) is 0.630. The average Bonchev–Trinajstić information content (AvgIpc) is 2.70. The SMILES string of the molecule is CCc1cc(N(CC)C(=N)N(CC)c2cccc3ccccc23)ccc1F. The monoisotopic (exact) mass is 363 g/mol. The molecule has 27 heavy (non-hydrogen) atoms. The van der Waals surface area contributed by atoms with E-state index in [1.165, 1.54) is 6.07 Å². The summed E-state index contributed by atoms with van der Waals surface area (Å²) in [6.45, 7) is 7.31. The van der Waals surface area contributed by atoms with Gasteiger partial charge in [0.2, 0.25) is 5.96 Å². The first-order chi connectivity index (χ1) is 13.1. The Labute approximate surface area is 160 Å². The maximum absolute atomic E-state index is 13.9. The summed E-state index contributed by atoms with van der Waals surface area (Å²) < 4.78 is 13.9. The van der Waals surface area contributed by atoms with E-state index >= 15 is 0 Å². The number of hydrogen-bond acceptors (Lipinski definition) is 1. The number of rotatable bonds is 5. The Hall–Kier alpha value is -2.88. The fraction of sp³-hybridized carbons (Fsp3) is 0.261. The molecule has 140 valence electrons. The molecule has 0 unspecified atom stereocenters. The molecule has 0 aromatic heterocycles. The van der Waals surface area contributed by atoms with E-state index in [-0.39, 0.29) is 5.82 Å². The summed E-state index contributed by atoms with van der Waals surface area (Å²) in [5.74, 6) is 0.204. The summed E-state index contributed by atoms with van der Waals surface area (Å²) >= 11 is 0. The van der Waals surface area contributed by atoms with Crippen molar-refractivity contribution < 1.29 is 4.39 Å². The molecule has 0 heterocycles. The quantitative estimate of drug-likeness (QED) is 0.457. The Morgan fingerprint density at radius 2 is 1.59 bits per heavy atom. The van der Waals surface area contributed by atoms with Gasteiger partial charge in [-0.3, -0.25) is 5.41 Å². The molecule has 0 bridgehead atoms. The third-order valence-electron chi connectivity index (χ3n) is 4.92. The number of benzene rings is 3. The van der Waals surface area contributed by atoms with Crippen molar-refractivity contribution in [3.8, 4) is 0 Å². The average molecular weight is 363 g/mol. The van der Waals surface area contributed by atoms with Crippen LogP contribution in [-0.4, -0.2) is 19.0 Å². The highest BCUT2D eigenvalue weighted by atomic mass is 19.1. The first kappa shape index (κ1) is 18.9. The number of halogens is 1. The molecule has 3 aromatic carbocycles. The number of hydrogen-bond donors (Lipinski definition) is 1. The van der Waals surface area contributed by atoms with Gasteiger partial charge in [0.05, 0.1) is 5.69 Å². The fourth-order valence-corrected chi connectivity index (χ4v) is 3.48. The van der Waals surface area contributed by atoms with Gasteiger partial charge in [-0.15, -0.1) is 0 Å². The molecule has 0 saturated heterocycles. The molecule has 0 saturated carbocycles. The zero-order valence-electron chi connectivity index (χ0n) is 16.2. The molecule has 3 aromatic rings. The van der Waals surface area contributed by atoms with E-state index < -0.39 is 0 Å². The molecule has 3 nitrogen and oxygen atoms in total. The topological polar surface area (TPSA) is 30.3 Å². The molecule has 4 heteroatoms. The van der Waals surface area contributed by atoms with Gasteiger partial charge >= 0.3 is 0 Å². The maximum Gasteiger partial charge on any atom is 0.202 e. The lowest BCUT2D eigenvalue weighted by atomic mass is 10.1. The van der Waals surface area contributed by atoms with Crippen molar-refractivity contribution in [2.24, 2.45) is 0 Å². The molecule has 3 rings (SSSR count). The van der Waals surface area contributed by atoms with Crippen molar-refractivity contribution in [2.75, 3.05) is 22.9 Å². The van der Waals surface area contributed by atoms with E-state index in [0.717, 1.165) is 22.1 Å². The Kier molecular flexibility index (Phi) is 5.75. The van der Waals surface area contributed by atoms with Crippen molar-refractivity contribution in [3.05, 3.63) is 72.0 Å². The van der Waals surface area contributed by atoms with Crippen LogP contribution >= 0.6 is 0 Å². The number of anilines is 2. The Balaban J connectivity index is 2.02. The van der Waals surface area contributed by atoms with E-state index in [9.17, 15) is 4.39 Å². The van der Waals surface area contributed by atoms with Crippen LogP contribution in [0, 0.1) is 11.2 Å². The van der Waals surface area contributed by atoms with Gasteiger partial charge in [0.1, 0.15) is 5.82 Å². The second kappa shape index (κ2) is 8.21. The van der Waals surface area contributed by atoms with Gasteiger partial charge in [0.15, 0.2) is 0 Å².